The molecule has 0 N–H and O–H groups in total. The van der Waals surface area contributed by atoms with Crippen molar-refractivity contribution in [1.29, 1.82) is 0 Å². The van der Waals surface area contributed by atoms with Gasteiger partial charge in [-0.15, -0.1) is 0 Å². The number of amides is 1. The first kappa shape index (κ1) is 21.4. The van der Waals surface area contributed by atoms with E-state index >= 15 is 0 Å². The standard InChI is InChI=1S/C24H25ClN2O4/c1-4-30-24(18-8-6-5-7-9-18)13-16(2)27(15-24)23(28)19-14-31-26-22(19)17-10-11-21(29-3)20(25)12-17/h5-12,14,16H,4,13,15H2,1-3H3. The van der Waals surface area contributed by atoms with Crippen molar-refractivity contribution in [3.63, 3.8) is 0 Å². The van der Waals surface area contributed by atoms with Gasteiger partial charge in [0.05, 0.1) is 18.7 Å². The normalized spacial score (nSPS) is 20.8. The molecule has 2 atom stereocenters. The Bertz CT molecular complexity index is 1070. The Morgan fingerprint density at radius 2 is 2.06 bits per heavy atom. The van der Waals surface area contributed by atoms with E-state index < -0.39 is 5.60 Å². The van der Waals surface area contributed by atoms with Crippen molar-refractivity contribution in [2.45, 2.75) is 31.9 Å². The highest BCUT2D eigenvalue weighted by molar-refractivity contribution is 6.32. The van der Waals surface area contributed by atoms with Gasteiger partial charge in [0, 0.05) is 24.6 Å². The van der Waals surface area contributed by atoms with E-state index in [9.17, 15) is 4.79 Å². The zero-order valence-corrected chi connectivity index (χ0v) is 18.6. The van der Waals surface area contributed by atoms with Gasteiger partial charge in [-0.2, -0.15) is 0 Å². The maximum Gasteiger partial charge on any atom is 0.259 e. The molecule has 1 aliphatic rings. The van der Waals surface area contributed by atoms with E-state index in [1.165, 1.54) is 6.26 Å². The molecule has 6 nitrogen and oxygen atoms in total. The molecule has 162 valence electrons. The van der Waals surface area contributed by atoms with E-state index in [0.29, 0.717) is 47.2 Å². The molecule has 2 heterocycles. The van der Waals surface area contributed by atoms with Gasteiger partial charge in [0.25, 0.3) is 5.91 Å². The van der Waals surface area contributed by atoms with E-state index in [2.05, 4.69) is 17.3 Å². The van der Waals surface area contributed by atoms with Crippen LogP contribution in [0.2, 0.25) is 5.02 Å². The molecule has 31 heavy (non-hydrogen) atoms. The maximum atomic E-state index is 13.6. The van der Waals surface area contributed by atoms with Crippen molar-refractivity contribution < 1.29 is 18.8 Å². The van der Waals surface area contributed by atoms with Gasteiger partial charge < -0.3 is 18.9 Å². The number of rotatable bonds is 6. The van der Waals surface area contributed by atoms with Gasteiger partial charge in [0.2, 0.25) is 0 Å². The Morgan fingerprint density at radius 1 is 1.29 bits per heavy atom. The number of hydrogen-bond donors (Lipinski definition) is 0. The molecule has 0 bridgehead atoms. The van der Waals surface area contributed by atoms with Crippen LogP contribution in [-0.2, 0) is 10.3 Å². The van der Waals surface area contributed by atoms with Crippen LogP contribution in [-0.4, -0.2) is 42.3 Å². The van der Waals surface area contributed by atoms with Crippen LogP contribution in [0.4, 0.5) is 0 Å². The molecule has 1 saturated heterocycles. The summed E-state index contributed by atoms with van der Waals surface area (Å²) in [5.41, 5.74) is 2.08. The molecule has 3 aromatic rings. The number of nitrogens with zero attached hydrogens (tertiary/aromatic N) is 2. The van der Waals surface area contributed by atoms with Crippen molar-refractivity contribution in [2.75, 3.05) is 20.3 Å². The molecule has 0 spiro atoms. The molecule has 7 heteroatoms. The number of hydrogen-bond acceptors (Lipinski definition) is 5. The first-order valence-corrected chi connectivity index (χ1v) is 10.7. The third-order valence-corrected chi connectivity index (χ3v) is 6.09. The number of aromatic nitrogens is 1. The summed E-state index contributed by atoms with van der Waals surface area (Å²) < 4.78 is 16.6. The van der Waals surface area contributed by atoms with E-state index in [1.54, 1.807) is 25.3 Å². The Kier molecular flexibility index (Phi) is 6.03. The maximum absolute atomic E-state index is 13.6. The first-order chi connectivity index (χ1) is 15.0. The minimum atomic E-state index is -0.536. The summed E-state index contributed by atoms with van der Waals surface area (Å²) in [5, 5.41) is 4.52. The first-order valence-electron chi connectivity index (χ1n) is 10.3. The number of likely N-dealkylation sites (tertiary alicyclic amines) is 1. The summed E-state index contributed by atoms with van der Waals surface area (Å²) in [6.07, 6.45) is 2.11. The number of methoxy groups -OCH3 is 1. The average molecular weight is 441 g/mol. The number of halogens is 1. The van der Waals surface area contributed by atoms with Gasteiger partial charge in [-0.25, -0.2) is 0 Å². The summed E-state index contributed by atoms with van der Waals surface area (Å²) >= 11 is 6.27. The number of benzene rings is 2. The summed E-state index contributed by atoms with van der Waals surface area (Å²) in [4.78, 5) is 15.4. The third-order valence-electron chi connectivity index (χ3n) is 5.79. The Balaban J connectivity index is 1.65. The van der Waals surface area contributed by atoms with Crippen LogP contribution in [0, 0.1) is 0 Å². The lowest BCUT2D eigenvalue weighted by molar-refractivity contribution is -0.0349. The fourth-order valence-electron chi connectivity index (χ4n) is 4.34. The van der Waals surface area contributed by atoms with Gasteiger partial charge in [-0.05, 0) is 37.6 Å². The lowest BCUT2D eigenvalue weighted by Crippen LogP contribution is -2.38. The monoisotopic (exact) mass is 440 g/mol. The predicted octanol–water partition coefficient (Wildman–Crippen LogP) is 5.17. The molecule has 1 amide bonds. The summed E-state index contributed by atoms with van der Waals surface area (Å²) in [6.45, 7) is 5.04. The average Bonchev–Trinajstić information content (AvgIpc) is 3.40. The van der Waals surface area contributed by atoms with Crippen LogP contribution in [0.25, 0.3) is 11.3 Å². The lowest BCUT2D eigenvalue weighted by atomic mass is 9.91. The second kappa shape index (κ2) is 8.73. The number of carbonyl (C=O) groups is 1. The van der Waals surface area contributed by atoms with E-state index in [4.69, 9.17) is 25.6 Å². The number of carbonyl (C=O) groups excluding carboxylic acids is 1. The van der Waals surface area contributed by atoms with Crippen molar-refractivity contribution in [2.24, 2.45) is 0 Å². The van der Waals surface area contributed by atoms with Gasteiger partial charge in [-0.1, -0.05) is 47.1 Å². The van der Waals surface area contributed by atoms with E-state index in [1.807, 2.05) is 36.9 Å². The van der Waals surface area contributed by atoms with Crippen molar-refractivity contribution >= 4 is 17.5 Å². The largest absolute Gasteiger partial charge is 0.495 e. The zero-order valence-electron chi connectivity index (χ0n) is 17.8. The Hall–Kier alpha value is -2.83. The molecular weight excluding hydrogens is 416 g/mol. The second-order valence-corrected chi connectivity index (χ2v) is 8.11. The highest BCUT2D eigenvalue weighted by atomic mass is 35.5. The molecule has 0 radical (unpaired) electrons. The quantitative estimate of drug-likeness (QED) is 0.529. The lowest BCUT2D eigenvalue weighted by Gasteiger charge is -2.29. The molecule has 1 aliphatic heterocycles. The molecule has 2 aromatic carbocycles. The molecule has 0 saturated carbocycles. The van der Waals surface area contributed by atoms with Crippen molar-refractivity contribution in [3.05, 3.63) is 70.9 Å². The number of ether oxygens (including phenoxy) is 2. The summed E-state index contributed by atoms with van der Waals surface area (Å²) in [7, 11) is 1.55. The third kappa shape index (κ3) is 3.93. The summed E-state index contributed by atoms with van der Waals surface area (Å²) in [5.74, 6) is 0.410. The fourth-order valence-corrected chi connectivity index (χ4v) is 4.59. The highest BCUT2D eigenvalue weighted by Crippen LogP contribution is 2.40. The Morgan fingerprint density at radius 3 is 2.74 bits per heavy atom. The van der Waals surface area contributed by atoms with Crippen LogP contribution < -0.4 is 4.74 Å². The zero-order chi connectivity index (χ0) is 22.0. The predicted molar refractivity (Wildman–Crippen MR) is 118 cm³/mol. The van der Waals surface area contributed by atoms with Crippen LogP contribution >= 0.6 is 11.6 Å². The minimum absolute atomic E-state index is 0.0125. The van der Waals surface area contributed by atoms with E-state index in [0.717, 1.165) is 5.56 Å². The highest BCUT2D eigenvalue weighted by Gasteiger charge is 2.46. The second-order valence-electron chi connectivity index (χ2n) is 7.71. The van der Waals surface area contributed by atoms with Crippen LogP contribution in [0.3, 0.4) is 0 Å². The van der Waals surface area contributed by atoms with Crippen LogP contribution in [0.1, 0.15) is 36.2 Å². The molecule has 1 fully saturated rings. The van der Waals surface area contributed by atoms with Gasteiger partial charge >= 0.3 is 0 Å². The van der Waals surface area contributed by atoms with E-state index in [-0.39, 0.29) is 11.9 Å². The SMILES string of the molecule is CCOC1(c2ccccc2)CC(C)N(C(=O)c2conc2-c2ccc(OC)c(Cl)c2)C1. The molecule has 2 unspecified atom stereocenters. The van der Waals surface area contributed by atoms with Crippen LogP contribution in [0.5, 0.6) is 5.75 Å². The fraction of sp³-hybridized carbons (Fsp3) is 0.333. The topological polar surface area (TPSA) is 64.8 Å². The van der Waals surface area contributed by atoms with Gasteiger partial charge in [0.1, 0.15) is 28.9 Å². The van der Waals surface area contributed by atoms with Gasteiger partial charge in [0.15, 0.2) is 0 Å². The minimum Gasteiger partial charge on any atom is -0.495 e. The summed E-state index contributed by atoms with van der Waals surface area (Å²) in [6, 6.07) is 15.3. The van der Waals surface area contributed by atoms with Gasteiger partial charge in [-0.3, -0.25) is 4.79 Å². The van der Waals surface area contributed by atoms with Crippen LogP contribution in [0.15, 0.2) is 59.3 Å². The van der Waals surface area contributed by atoms with Crippen molar-refractivity contribution in [1.82, 2.24) is 10.1 Å². The smallest absolute Gasteiger partial charge is 0.259 e. The molecule has 1 aromatic heterocycles. The van der Waals surface area contributed by atoms with Crippen molar-refractivity contribution in [3.8, 4) is 17.0 Å². The Labute approximate surface area is 186 Å². The molecule has 0 aliphatic carbocycles. The molecular formula is C24H25ClN2O4. The molecule has 4 rings (SSSR count).